The minimum absolute atomic E-state index is 0.381. The van der Waals surface area contributed by atoms with Gasteiger partial charge in [-0.05, 0) is 23.8 Å². The van der Waals surface area contributed by atoms with Crippen molar-refractivity contribution in [2.24, 2.45) is 0 Å². The predicted molar refractivity (Wildman–Crippen MR) is 94.0 cm³/mol. The van der Waals surface area contributed by atoms with Crippen molar-refractivity contribution in [2.75, 3.05) is 27.3 Å². The Morgan fingerprint density at radius 3 is 2.36 bits per heavy atom. The van der Waals surface area contributed by atoms with Gasteiger partial charge < -0.3 is 19.5 Å². The number of hydrogen-bond donors (Lipinski definition) is 1. The van der Waals surface area contributed by atoms with Crippen molar-refractivity contribution < 1.29 is 24.3 Å². The second-order valence-electron chi connectivity index (χ2n) is 6.18. The molecule has 5 nitrogen and oxygen atoms in total. The van der Waals surface area contributed by atoms with E-state index in [0.29, 0.717) is 17.1 Å². The smallest absolute Gasteiger partial charge is 0.342 e. The van der Waals surface area contributed by atoms with Crippen molar-refractivity contribution in [3.8, 4) is 11.5 Å². The largest absolute Gasteiger partial charge is 0.497 e. The van der Waals surface area contributed by atoms with E-state index in [9.17, 15) is 4.79 Å². The fourth-order valence-corrected chi connectivity index (χ4v) is 3.34. The van der Waals surface area contributed by atoms with Crippen molar-refractivity contribution in [1.29, 1.82) is 0 Å². The zero-order valence-electron chi connectivity index (χ0n) is 14.7. The minimum Gasteiger partial charge on any atom is -0.497 e. The molecule has 1 heterocycles. The highest BCUT2D eigenvalue weighted by Crippen LogP contribution is 2.36. The highest BCUT2D eigenvalue weighted by Gasteiger charge is 2.40. The van der Waals surface area contributed by atoms with E-state index in [4.69, 9.17) is 14.2 Å². The number of esters is 1. The summed E-state index contributed by atoms with van der Waals surface area (Å²) in [6.07, 6.45) is 1.57. The van der Waals surface area contributed by atoms with Gasteiger partial charge in [-0.2, -0.15) is 0 Å². The summed E-state index contributed by atoms with van der Waals surface area (Å²) in [6.45, 7) is 1.86. The average Bonchev–Trinajstić information content (AvgIpc) is 2.68. The molecule has 0 spiro atoms. The van der Waals surface area contributed by atoms with E-state index in [2.05, 4.69) is 5.32 Å². The summed E-state index contributed by atoms with van der Waals surface area (Å²) in [4.78, 5) is 13.0. The van der Waals surface area contributed by atoms with Gasteiger partial charge in [0.25, 0.3) is 0 Å². The Kier molecular flexibility index (Phi) is 5.24. The molecule has 132 valence electrons. The zero-order chi connectivity index (χ0) is 17.7. The third-order valence-corrected chi connectivity index (χ3v) is 4.72. The molecule has 0 radical (unpaired) electrons. The number of carbonyl (C=O) groups excluding carboxylic acids is 1. The lowest BCUT2D eigenvalue weighted by Gasteiger charge is -2.36. The molecule has 2 aromatic rings. The number of piperidine rings is 1. The van der Waals surface area contributed by atoms with Gasteiger partial charge in [-0.25, -0.2) is 4.79 Å². The highest BCUT2D eigenvalue weighted by molar-refractivity contribution is 5.93. The Morgan fingerprint density at radius 1 is 1.00 bits per heavy atom. The number of quaternary nitrogens is 1. The molecule has 1 aliphatic rings. The number of nitrogens with two attached hydrogens (primary N) is 1. The van der Waals surface area contributed by atoms with Crippen LogP contribution in [0.3, 0.4) is 0 Å². The summed E-state index contributed by atoms with van der Waals surface area (Å²) >= 11 is 0. The summed E-state index contributed by atoms with van der Waals surface area (Å²) in [5.41, 5.74) is 0.825. The van der Waals surface area contributed by atoms with Crippen LogP contribution in [-0.4, -0.2) is 33.3 Å². The van der Waals surface area contributed by atoms with Crippen molar-refractivity contribution in [1.82, 2.24) is 0 Å². The highest BCUT2D eigenvalue weighted by atomic mass is 16.6. The summed E-state index contributed by atoms with van der Waals surface area (Å²) in [5.74, 6) is 0.691. The fourth-order valence-electron chi connectivity index (χ4n) is 3.34. The van der Waals surface area contributed by atoms with Gasteiger partial charge in [0.15, 0.2) is 0 Å². The van der Waals surface area contributed by atoms with Crippen LogP contribution in [-0.2, 0) is 10.3 Å². The van der Waals surface area contributed by atoms with Gasteiger partial charge in [-0.15, -0.1) is 0 Å². The molecule has 0 aromatic heterocycles. The molecule has 0 aliphatic carbocycles. The van der Waals surface area contributed by atoms with Crippen LogP contribution in [0.2, 0.25) is 0 Å². The van der Waals surface area contributed by atoms with Crippen LogP contribution < -0.4 is 14.8 Å². The van der Waals surface area contributed by atoms with Gasteiger partial charge in [-0.1, -0.05) is 30.3 Å². The van der Waals surface area contributed by atoms with Gasteiger partial charge in [0.2, 0.25) is 0 Å². The van der Waals surface area contributed by atoms with Crippen molar-refractivity contribution in [2.45, 2.75) is 18.4 Å². The summed E-state index contributed by atoms with van der Waals surface area (Å²) in [7, 11) is 3.11. The maximum atomic E-state index is 13.0. The minimum atomic E-state index is -0.596. The van der Waals surface area contributed by atoms with Crippen LogP contribution in [0.4, 0.5) is 0 Å². The maximum absolute atomic E-state index is 13.0. The molecule has 2 N–H and O–H groups in total. The van der Waals surface area contributed by atoms with Gasteiger partial charge in [-0.3, -0.25) is 0 Å². The monoisotopic (exact) mass is 342 g/mol. The van der Waals surface area contributed by atoms with Crippen LogP contribution in [0.1, 0.15) is 28.8 Å². The van der Waals surface area contributed by atoms with Crippen LogP contribution in [0.5, 0.6) is 11.5 Å². The molecule has 5 heteroatoms. The van der Waals surface area contributed by atoms with Crippen LogP contribution in [0, 0.1) is 0 Å². The van der Waals surface area contributed by atoms with Crippen molar-refractivity contribution in [3.63, 3.8) is 0 Å². The first-order valence-electron chi connectivity index (χ1n) is 8.51. The third-order valence-electron chi connectivity index (χ3n) is 4.72. The van der Waals surface area contributed by atoms with Gasteiger partial charge in [0.1, 0.15) is 22.7 Å². The quantitative estimate of drug-likeness (QED) is 0.846. The van der Waals surface area contributed by atoms with Gasteiger partial charge >= 0.3 is 5.97 Å². The predicted octanol–water partition coefficient (Wildman–Crippen LogP) is 2.11. The first-order valence-corrected chi connectivity index (χ1v) is 8.51. The molecular weight excluding hydrogens is 318 g/mol. The summed E-state index contributed by atoms with van der Waals surface area (Å²) in [6, 6.07) is 15.1. The lowest BCUT2D eigenvalue weighted by atomic mass is 9.84. The lowest BCUT2D eigenvalue weighted by Crippen LogP contribution is -2.87. The molecule has 0 unspecified atom stereocenters. The van der Waals surface area contributed by atoms with Crippen LogP contribution >= 0.6 is 0 Å². The Morgan fingerprint density at radius 2 is 1.72 bits per heavy atom. The summed E-state index contributed by atoms with van der Waals surface area (Å²) < 4.78 is 16.7. The molecule has 3 rings (SSSR count). The second kappa shape index (κ2) is 7.57. The van der Waals surface area contributed by atoms with Crippen molar-refractivity contribution >= 4 is 5.97 Å². The van der Waals surface area contributed by atoms with E-state index in [1.54, 1.807) is 32.4 Å². The van der Waals surface area contributed by atoms with Crippen LogP contribution in [0.25, 0.3) is 0 Å². The molecule has 1 saturated heterocycles. The van der Waals surface area contributed by atoms with E-state index < -0.39 is 5.60 Å². The first-order chi connectivity index (χ1) is 12.2. The zero-order valence-corrected chi connectivity index (χ0v) is 14.7. The standard InChI is InChI=1S/C20H23NO4/c1-23-16-8-9-18(24-2)17(14-16)19(22)25-20(10-12-21-13-11-20)15-6-4-3-5-7-15/h3-9,14,21H,10-13H2,1-2H3/p+1. The lowest BCUT2D eigenvalue weighted by molar-refractivity contribution is -0.668. The number of hydrogen-bond acceptors (Lipinski definition) is 4. The average molecular weight is 342 g/mol. The van der Waals surface area contributed by atoms with Gasteiger partial charge in [0.05, 0.1) is 27.3 Å². The summed E-state index contributed by atoms with van der Waals surface area (Å²) in [5, 5.41) is 2.25. The Labute approximate surface area is 147 Å². The number of methoxy groups -OCH3 is 2. The van der Waals surface area contributed by atoms with E-state index in [0.717, 1.165) is 31.5 Å². The second-order valence-corrected chi connectivity index (χ2v) is 6.18. The molecule has 1 fully saturated rings. The molecule has 2 aromatic carbocycles. The van der Waals surface area contributed by atoms with Gasteiger partial charge in [0, 0.05) is 12.8 Å². The van der Waals surface area contributed by atoms with Crippen LogP contribution in [0.15, 0.2) is 48.5 Å². The first kappa shape index (κ1) is 17.3. The topological polar surface area (TPSA) is 61.4 Å². The molecule has 0 bridgehead atoms. The SMILES string of the molecule is COc1ccc(OC)c(C(=O)OC2(c3ccccc3)CC[NH2+]CC2)c1. The Balaban J connectivity index is 1.94. The number of rotatable bonds is 5. The third kappa shape index (κ3) is 3.61. The Hall–Kier alpha value is -2.53. The maximum Gasteiger partial charge on any atom is 0.342 e. The Bertz CT molecular complexity index is 724. The molecule has 0 amide bonds. The van der Waals surface area contributed by atoms with E-state index in [1.807, 2.05) is 30.3 Å². The molecule has 0 saturated carbocycles. The normalized spacial score (nSPS) is 16.1. The van der Waals surface area contributed by atoms with E-state index in [-0.39, 0.29) is 5.97 Å². The number of carbonyl (C=O) groups is 1. The number of ether oxygens (including phenoxy) is 3. The number of benzene rings is 2. The van der Waals surface area contributed by atoms with E-state index in [1.165, 1.54) is 0 Å². The molecule has 1 aliphatic heterocycles. The molecule has 0 atom stereocenters. The molecule has 25 heavy (non-hydrogen) atoms. The van der Waals surface area contributed by atoms with Crippen molar-refractivity contribution in [3.05, 3.63) is 59.7 Å². The van der Waals surface area contributed by atoms with E-state index >= 15 is 0 Å². The fraction of sp³-hybridized carbons (Fsp3) is 0.350. The molecular formula is C20H24NO4+.